The van der Waals surface area contributed by atoms with Crippen LogP contribution in [-0.2, 0) is 0 Å². The van der Waals surface area contributed by atoms with E-state index in [0.717, 1.165) is 0 Å². The molecular formula is C52H35NS. The van der Waals surface area contributed by atoms with Crippen molar-refractivity contribution in [2.45, 2.75) is 0 Å². The fraction of sp³-hybridized carbons (Fsp3) is 0. The van der Waals surface area contributed by atoms with E-state index in [1.165, 1.54) is 0 Å². The molecule has 0 radical (unpaired) electrons. The van der Waals surface area contributed by atoms with Gasteiger partial charge in [-0.1, -0.05) is 169 Å². The molecule has 9 aromatic carbocycles. The van der Waals surface area contributed by atoms with Gasteiger partial charge in [0.05, 0.1) is 58.4 Å². The molecule has 0 N–H and O–H groups in total. The number of hydrogen-bond donors (Lipinski definition) is 0. The molecule has 0 aliphatic rings. The Kier molecular flexibility index (Phi) is 3.07. The highest BCUT2D eigenvalue weighted by atomic mass is 32.1. The first-order valence-corrected chi connectivity index (χ1v) is 16.4. The highest BCUT2D eigenvalue weighted by Gasteiger charge is 2.20. The van der Waals surface area contributed by atoms with E-state index in [4.69, 9.17) is 30.2 Å². The third-order valence-electron chi connectivity index (χ3n) is 7.93. The summed E-state index contributed by atoms with van der Waals surface area (Å²) in [5.41, 5.74) is -10.7. The molecule has 0 spiro atoms. The zero-order valence-corrected chi connectivity index (χ0v) is 27.7. The minimum atomic E-state index is -1.39. The smallest absolute Gasteiger partial charge is 0.0651 e. The van der Waals surface area contributed by atoms with Gasteiger partial charge < -0.3 is 4.90 Å². The van der Waals surface area contributed by atoms with Crippen LogP contribution in [0.15, 0.2) is 211 Å². The third-order valence-corrected chi connectivity index (χ3v) is 9.14. The summed E-state index contributed by atoms with van der Waals surface area (Å²) >= 11 is 0.336. The van der Waals surface area contributed by atoms with Crippen LogP contribution >= 0.6 is 11.3 Å². The van der Waals surface area contributed by atoms with Crippen LogP contribution < -0.4 is 4.90 Å². The Balaban J connectivity index is 1.47. The van der Waals surface area contributed by atoms with Crippen molar-refractivity contribution >= 4 is 59.3 Å². The predicted molar refractivity (Wildman–Crippen MR) is 233 cm³/mol. The highest BCUT2D eigenvalue weighted by molar-refractivity contribution is 7.27. The largest absolute Gasteiger partial charge is 0.309 e. The molecule has 0 saturated heterocycles. The van der Waals surface area contributed by atoms with Crippen molar-refractivity contribution in [1.29, 1.82) is 0 Å². The lowest BCUT2D eigenvalue weighted by atomic mass is 9.91. The molecule has 1 nitrogen and oxygen atoms in total. The van der Waals surface area contributed by atoms with E-state index in [2.05, 4.69) is 0 Å². The summed E-state index contributed by atoms with van der Waals surface area (Å²) in [4.78, 5) is 0.394. The minimum Gasteiger partial charge on any atom is -0.309 e. The SMILES string of the molecule is [2H]c1c([2H])c([2H])c(-c2c([2H])c([2H])c([2H])c(N(c3c([2H])c([2H])c(-c4c(-c5c([2H])c([2H])c([2H])c([2H])c5[2H])c([2H])c5c([2H])c([2H])c([2H])c([2H])c5c4[2H])c([2H])c3[2H])c3c([2H])c([2H])c([2H])c4c3sc3c(-c5c([2H])c([2H])c([2H])c([2H])c5[2H])c([2H])c([2H])c([2H])c34)c2[2H])c([2H])c1[2H]. The molecule has 0 saturated carbocycles. The molecule has 0 amide bonds. The maximum Gasteiger partial charge on any atom is 0.0651 e. The fourth-order valence-corrected chi connectivity index (χ4v) is 6.80. The first kappa shape index (κ1) is 12.1. The molecule has 0 unspecified atom stereocenters. The normalized spacial score (nSPS) is 20.4. The van der Waals surface area contributed by atoms with E-state index in [-0.39, 0.29) is 0 Å². The van der Waals surface area contributed by atoms with Crippen LogP contribution in [0.2, 0.25) is 0 Å². The van der Waals surface area contributed by atoms with Crippen molar-refractivity contribution < 1.29 is 48.0 Å². The van der Waals surface area contributed by atoms with Crippen molar-refractivity contribution in [3.05, 3.63) is 211 Å². The molecular weight excluding hydrogens is 671 g/mol. The first-order valence-electron chi connectivity index (χ1n) is 33.1. The number of thiophene rings is 1. The van der Waals surface area contributed by atoms with Crippen molar-refractivity contribution in [3.63, 3.8) is 0 Å². The topological polar surface area (TPSA) is 3.24 Å². The van der Waals surface area contributed by atoms with E-state index in [1.807, 2.05) is 0 Å². The number of hydrogen-bond acceptors (Lipinski definition) is 2. The summed E-state index contributed by atoms with van der Waals surface area (Å²) in [7, 11) is 0. The van der Waals surface area contributed by atoms with Gasteiger partial charge in [0.25, 0.3) is 0 Å². The van der Waals surface area contributed by atoms with E-state index >= 15 is 0 Å². The zero-order valence-electron chi connectivity index (χ0n) is 61.9. The Morgan fingerprint density at radius 3 is 1.48 bits per heavy atom. The van der Waals surface area contributed by atoms with Gasteiger partial charge in [-0.25, -0.2) is 0 Å². The van der Waals surface area contributed by atoms with Crippen LogP contribution in [0.1, 0.15) is 48.0 Å². The molecule has 0 aliphatic carbocycles. The molecule has 0 bridgehead atoms. The van der Waals surface area contributed by atoms with Gasteiger partial charge in [-0.2, -0.15) is 0 Å². The molecule has 10 aromatic rings. The summed E-state index contributed by atoms with van der Waals surface area (Å²) in [6.07, 6.45) is 0. The number of fused-ring (bicyclic) bond motifs is 4. The average Bonchev–Trinajstić information content (AvgIpc) is 1.09. The van der Waals surface area contributed by atoms with Crippen LogP contribution in [-0.4, -0.2) is 0 Å². The van der Waals surface area contributed by atoms with Crippen LogP contribution in [0.25, 0.3) is 75.5 Å². The summed E-state index contributed by atoms with van der Waals surface area (Å²) in [5, 5.41) is -2.72. The summed E-state index contributed by atoms with van der Waals surface area (Å²) < 4.78 is 316. The second-order valence-corrected chi connectivity index (χ2v) is 12.0. The predicted octanol–water partition coefficient (Wildman–Crippen LogP) is 15.3. The van der Waals surface area contributed by atoms with Gasteiger partial charge in [0.1, 0.15) is 0 Å². The fourth-order valence-electron chi connectivity index (χ4n) is 5.59. The number of benzene rings is 9. The average molecular weight is 741 g/mol. The first-order chi connectivity index (χ1) is 41.4. The lowest BCUT2D eigenvalue weighted by Gasteiger charge is -2.27. The maximum absolute atomic E-state index is 9.99. The lowest BCUT2D eigenvalue weighted by molar-refractivity contribution is 1.30. The Morgan fingerprint density at radius 1 is 0.333 bits per heavy atom. The standard InChI is InChI=1S/C52H35NS/c1-4-15-36(16-5-1)40-23-12-24-44(33-40)53(50-28-14-27-47-46-26-13-25-45(51(46)54-52(47)50)37-17-6-2-7-18-37)43-31-29-39(30-32-43)49-35-42-22-11-10-21-41(42)34-48(49)38-19-8-3-9-20-38/h1-35H/i1D,2D,3D,4D,5D,6D,7D,8D,9D,10D,11D,12D,13D,14D,15D,16D,17D,18D,19D,20D,21D,22D,23D,24D,25D,26D,27D,28D,29D,30D,31D,32D,33D,34D,35D. The number of rotatable bonds is 7. The van der Waals surface area contributed by atoms with Gasteiger partial charge in [0.15, 0.2) is 0 Å². The van der Waals surface area contributed by atoms with E-state index in [1.54, 1.807) is 0 Å². The minimum absolute atomic E-state index is 0.336. The molecule has 254 valence electrons. The molecule has 2 heteroatoms. The number of nitrogens with zero attached hydrogens (tertiary/aromatic N) is 1. The third kappa shape index (κ3) is 5.74. The van der Waals surface area contributed by atoms with E-state index in [0.29, 0.717) is 16.2 Å². The second-order valence-electron chi connectivity index (χ2n) is 11.0. The van der Waals surface area contributed by atoms with Gasteiger partial charge in [0.2, 0.25) is 0 Å². The van der Waals surface area contributed by atoms with E-state index < -0.39 is 304 Å². The molecule has 1 heterocycles. The van der Waals surface area contributed by atoms with Crippen molar-refractivity contribution in [2.24, 2.45) is 0 Å². The summed E-state index contributed by atoms with van der Waals surface area (Å²) in [6.45, 7) is 0. The van der Waals surface area contributed by atoms with Crippen LogP contribution in [0, 0.1) is 0 Å². The quantitative estimate of drug-likeness (QED) is 0.157. The second kappa shape index (κ2) is 13.7. The Labute approximate surface area is 368 Å². The van der Waals surface area contributed by atoms with Crippen LogP contribution in [0.3, 0.4) is 0 Å². The van der Waals surface area contributed by atoms with Crippen LogP contribution in [0.5, 0.6) is 0 Å². The summed E-state index contributed by atoms with van der Waals surface area (Å²) in [5.74, 6) is 0. The Hall–Kier alpha value is -6.74. The molecule has 0 fully saturated rings. The van der Waals surface area contributed by atoms with Gasteiger partial charge >= 0.3 is 0 Å². The van der Waals surface area contributed by atoms with Crippen molar-refractivity contribution in [2.75, 3.05) is 4.90 Å². The van der Waals surface area contributed by atoms with Crippen molar-refractivity contribution in [3.8, 4) is 44.5 Å². The van der Waals surface area contributed by atoms with Crippen LogP contribution in [0.4, 0.5) is 17.1 Å². The van der Waals surface area contributed by atoms with Gasteiger partial charge in [-0.15, -0.1) is 11.3 Å². The maximum atomic E-state index is 9.99. The molecule has 0 atom stereocenters. The Morgan fingerprint density at radius 2 is 0.833 bits per heavy atom. The lowest BCUT2D eigenvalue weighted by Crippen LogP contribution is -2.10. The molecule has 10 rings (SSSR count). The molecule has 54 heavy (non-hydrogen) atoms. The monoisotopic (exact) mass is 740 g/mol. The molecule has 1 aromatic heterocycles. The van der Waals surface area contributed by atoms with Gasteiger partial charge in [-0.05, 0) is 97.6 Å². The number of anilines is 3. The highest BCUT2D eigenvalue weighted by Crippen LogP contribution is 2.48. The Bertz CT molecular complexity index is 4860. The van der Waals surface area contributed by atoms with Crippen molar-refractivity contribution in [1.82, 2.24) is 0 Å². The molecule has 0 aliphatic heterocycles. The van der Waals surface area contributed by atoms with Gasteiger partial charge in [-0.3, -0.25) is 0 Å². The summed E-state index contributed by atoms with van der Waals surface area (Å²) in [6, 6.07) is -37.5. The van der Waals surface area contributed by atoms with Gasteiger partial charge in [0, 0.05) is 26.8 Å². The zero-order chi connectivity index (χ0) is 66.3. The van der Waals surface area contributed by atoms with E-state index in [9.17, 15) is 17.8 Å².